The van der Waals surface area contributed by atoms with Crippen molar-refractivity contribution in [2.45, 2.75) is 0 Å². The molecular formula is C3H7O3PS4. The maximum atomic E-state index is 11.6. The van der Waals surface area contributed by atoms with Crippen LogP contribution in [0.5, 0.6) is 0 Å². The van der Waals surface area contributed by atoms with Gasteiger partial charge in [-0.2, -0.15) is 0 Å². The van der Waals surface area contributed by atoms with Gasteiger partial charge in [0.25, 0.3) is 5.55 Å². The van der Waals surface area contributed by atoms with Gasteiger partial charge in [-0.1, -0.05) is 12.2 Å². The molecule has 0 saturated carbocycles. The van der Waals surface area contributed by atoms with Crippen LogP contribution in [0.4, 0.5) is 0 Å². The molecule has 3 nitrogen and oxygen atoms in total. The normalized spacial score (nSPS) is 11.5. The van der Waals surface area contributed by atoms with E-state index in [2.05, 4.69) is 33.2 Å². The lowest BCUT2D eigenvalue weighted by Crippen LogP contribution is -1.81. The van der Waals surface area contributed by atoms with E-state index in [4.69, 9.17) is 0 Å². The fraction of sp³-hybridized carbons (Fsp3) is 0.667. The van der Waals surface area contributed by atoms with Gasteiger partial charge in [0.05, 0.1) is 37.5 Å². The van der Waals surface area contributed by atoms with Crippen LogP contribution in [0.3, 0.4) is 0 Å². The quantitative estimate of drug-likeness (QED) is 0.350. The Morgan fingerprint density at radius 2 is 1.82 bits per heavy atom. The minimum atomic E-state index is -2.81. The number of rotatable bonds is 5. The fourth-order valence-electron chi connectivity index (χ4n) is 0.272. The van der Waals surface area contributed by atoms with Crippen LogP contribution >= 0.6 is 53.7 Å². The van der Waals surface area contributed by atoms with Crippen molar-refractivity contribution in [2.75, 3.05) is 14.2 Å². The van der Waals surface area contributed by atoms with E-state index in [-0.39, 0.29) is 3.94 Å². The molecule has 11 heavy (non-hydrogen) atoms. The van der Waals surface area contributed by atoms with Gasteiger partial charge in [0, 0.05) is 0 Å². The third-order valence-electron chi connectivity index (χ3n) is 0.580. The summed E-state index contributed by atoms with van der Waals surface area (Å²) in [6.45, 7) is 0. The second-order valence-corrected chi connectivity index (χ2v) is 10.2. The molecule has 0 radical (unpaired) electrons. The van der Waals surface area contributed by atoms with Crippen LogP contribution in [0, 0.1) is 0 Å². The van der Waals surface area contributed by atoms with Gasteiger partial charge >= 0.3 is 0 Å². The largest absolute Gasteiger partial charge is 0.311 e. The van der Waals surface area contributed by atoms with Crippen LogP contribution in [0.25, 0.3) is 0 Å². The topological polar surface area (TPSA) is 35.5 Å². The monoisotopic (exact) mass is 250 g/mol. The first-order valence-corrected chi connectivity index (χ1v) is 7.60. The van der Waals surface area contributed by atoms with Crippen LogP contribution in [0.2, 0.25) is 0 Å². The second-order valence-electron chi connectivity index (χ2n) is 1.26. The number of hydrogen-bond acceptors (Lipinski definition) is 6. The van der Waals surface area contributed by atoms with Crippen molar-refractivity contribution < 1.29 is 12.9 Å². The summed E-state index contributed by atoms with van der Waals surface area (Å²) in [4.78, 5) is 0. The molecule has 0 aromatic rings. The molecule has 66 valence electrons. The Labute approximate surface area is 84.7 Å². The Morgan fingerprint density at radius 1 is 1.45 bits per heavy atom. The third kappa shape index (κ3) is 4.17. The Hall–Kier alpha value is 1.29. The molecule has 0 rings (SSSR count). The van der Waals surface area contributed by atoms with E-state index >= 15 is 0 Å². The molecule has 0 unspecified atom stereocenters. The van der Waals surface area contributed by atoms with Gasteiger partial charge in [0.15, 0.2) is 0 Å². The molecule has 0 spiro atoms. The molecule has 0 fully saturated rings. The summed E-state index contributed by atoms with van der Waals surface area (Å²) in [6, 6.07) is 0. The van der Waals surface area contributed by atoms with E-state index in [1.165, 1.54) is 14.2 Å². The van der Waals surface area contributed by atoms with Crippen LogP contribution < -0.4 is 0 Å². The first kappa shape index (κ1) is 12.3. The summed E-state index contributed by atoms with van der Waals surface area (Å²) in [5.41, 5.74) is -2.81. The molecule has 0 bridgehead atoms. The van der Waals surface area contributed by atoms with E-state index in [0.717, 1.165) is 23.3 Å². The van der Waals surface area contributed by atoms with E-state index in [0.29, 0.717) is 0 Å². The molecule has 0 atom stereocenters. The Bertz CT molecular complexity index is 173. The lowest BCUT2D eigenvalue weighted by molar-refractivity contribution is 0.491. The molecule has 0 aromatic heterocycles. The molecule has 0 aliphatic rings. The number of thiol groups is 1. The molecule has 0 heterocycles. The lowest BCUT2D eigenvalue weighted by Gasteiger charge is -2.09. The smallest absolute Gasteiger partial charge is 0.286 e. The highest BCUT2D eigenvalue weighted by Gasteiger charge is 2.29. The van der Waals surface area contributed by atoms with Crippen molar-refractivity contribution in [3.8, 4) is 0 Å². The molecule has 0 saturated heterocycles. The molecule has 0 aliphatic heterocycles. The van der Waals surface area contributed by atoms with Crippen molar-refractivity contribution in [3.63, 3.8) is 0 Å². The van der Waals surface area contributed by atoms with E-state index in [1.807, 2.05) is 0 Å². The lowest BCUT2D eigenvalue weighted by atomic mass is 11.8. The van der Waals surface area contributed by atoms with Crippen molar-refractivity contribution in [2.24, 2.45) is 0 Å². The minimum absolute atomic E-state index is 0.108. The van der Waals surface area contributed by atoms with Crippen molar-refractivity contribution in [1.82, 2.24) is 0 Å². The average molecular weight is 250 g/mol. The molecule has 0 aromatic carbocycles. The maximum Gasteiger partial charge on any atom is 0.286 e. The van der Waals surface area contributed by atoms with E-state index < -0.39 is 5.55 Å². The maximum absolute atomic E-state index is 11.6. The predicted octanol–water partition coefficient (Wildman–Crippen LogP) is 2.98. The summed E-state index contributed by atoms with van der Waals surface area (Å²) in [5, 5.41) is 0. The van der Waals surface area contributed by atoms with Gasteiger partial charge in [-0.05, 0) is 0 Å². The van der Waals surface area contributed by atoms with Gasteiger partial charge in [-0.3, -0.25) is 4.57 Å². The SMILES string of the molecule is COSP(=O)(SOC)C(=S)S. The molecule has 0 amide bonds. The minimum Gasteiger partial charge on any atom is -0.311 e. The van der Waals surface area contributed by atoms with Crippen LogP contribution in [0.15, 0.2) is 0 Å². The van der Waals surface area contributed by atoms with Crippen LogP contribution in [-0.4, -0.2) is 18.2 Å². The summed E-state index contributed by atoms with van der Waals surface area (Å²) in [7, 11) is 2.83. The van der Waals surface area contributed by atoms with Crippen molar-refractivity contribution in [3.05, 3.63) is 0 Å². The summed E-state index contributed by atoms with van der Waals surface area (Å²) < 4.78 is 21.0. The predicted molar refractivity (Wildman–Crippen MR) is 58.4 cm³/mol. The van der Waals surface area contributed by atoms with Crippen molar-refractivity contribution >= 4 is 57.7 Å². The highest BCUT2D eigenvalue weighted by atomic mass is 33.1. The average Bonchev–Trinajstić information content (AvgIpc) is 1.88. The Morgan fingerprint density at radius 3 is 2.00 bits per heavy atom. The first-order chi connectivity index (χ1) is 5.06. The van der Waals surface area contributed by atoms with Gasteiger partial charge in [0.1, 0.15) is 3.94 Å². The molecule has 0 aliphatic carbocycles. The van der Waals surface area contributed by atoms with Gasteiger partial charge in [-0.25, -0.2) is 0 Å². The van der Waals surface area contributed by atoms with Crippen LogP contribution in [-0.2, 0) is 12.9 Å². The number of thiocarbonyl (C=S) groups is 1. The fourth-order valence-corrected chi connectivity index (χ4v) is 4.92. The van der Waals surface area contributed by atoms with Gasteiger partial charge < -0.3 is 8.37 Å². The zero-order valence-corrected chi connectivity index (χ0v) is 10.1. The van der Waals surface area contributed by atoms with Crippen molar-refractivity contribution in [1.29, 1.82) is 0 Å². The second kappa shape index (κ2) is 5.85. The zero-order valence-electron chi connectivity index (χ0n) is 5.84. The summed E-state index contributed by atoms with van der Waals surface area (Å²) in [6.07, 6.45) is 0. The Kier molecular flexibility index (Phi) is 6.54. The Balaban J connectivity index is 4.27. The van der Waals surface area contributed by atoms with E-state index in [9.17, 15) is 4.57 Å². The first-order valence-electron chi connectivity index (χ1n) is 2.35. The van der Waals surface area contributed by atoms with E-state index in [1.54, 1.807) is 0 Å². The van der Waals surface area contributed by atoms with Gasteiger partial charge in [-0.15, -0.1) is 12.6 Å². The van der Waals surface area contributed by atoms with Crippen LogP contribution in [0.1, 0.15) is 0 Å². The molecular weight excluding hydrogens is 243 g/mol. The zero-order chi connectivity index (χ0) is 8.91. The highest BCUT2D eigenvalue weighted by Crippen LogP contribution is 2.71. The third-order valence-corrected chi connectivity index (χ3v) is 9.12. The van der Waals surface area contributed by atoms with Gasteiger partial charge in [0.2, 0.25) is 0 Å². The molecule has 0 N–H and O–H groups in total. The highest BCUT2D eigenvalue weighted by molar-refractivity contribution is 8.96. The number of hydrogen-bond donors (Lipinski definition) is 1. The summed E-state index contributed by atoms with van der Waals surface area (Å²) >= 11 is 10.0. The summed E-state index contributed by atoms with van der Waals surface area (Å²) in [5.74, 6) is 0. The molecule has 8 heteroatoms. The standard InChI is InChI=1S/C3H7O3PS4/c1-5-10-7(4,3(8)9)11-6-2/h1-2H3,(H,8,9).